The molecule has 0 spiro atoms. The van der Waals surface area contributed by atoms with Crippen LogP contribution < -0.4 is 30.0 Å². The van der Waals surface area contributed by atoms with Gasteiger partial charge in [-0.1, -0.05) is 18.2 Å². The van der Waals surface area contributed by atoms with E-state index in [2.05, 4.69) is 44.7 Å². The number of amides is 2. The second-order valence-electron chi connectivity index (χ2n) is 8.02. The van der Waals surface area contributed by atoms with E-state index in [9.17, 15) is 9.59 Å². The molecule has 4 unspecified atom stereocenters. The number of nitrogens with two attached hydrogens (primary N) is 1. The third-order valence-corrected chi connectivity index (χ3v) is 7.45. The summed E-state index contributed by atoms with van der Waals surface area (Å²) in [5, 5.41) is 9.16. The minimum Gasteiger partial charge on any atom is -0.484 e. The van der Waals surface area contributed by atoms with Gasteiger partial charge < -0.3 is 30.0 Å². The minimum atomic E-state index is -0.605. The molecule has 4 atom stereocenters. The zero-order valence-corrected chi connectivity index (χ0v) is 19.9. The molecule has 5 rings (SSSR count). The molecule has 1 aromatic heterocycles. The predicted molar refractivity (Wildman–Crippen MR) is 132 cm³/mol. The topological polar surface area (TPSA) is 156 Å². The van der Waals surface area contributed by atoms with Crippen LogP contribution in [0.2, 0.25) is 0 Å². The Hall–Kier alpha value is -3.29. The van der Waals surface area contributed by atoms with Gasteiger partial charge in [-0.2, -0.15) is 13.1 Å². The Labute approximate surface area is 200 Å². The Bertz CT molecular complexity index is 1170. The number of fused-ring (bicyclic) bond motifs is 3. The molecule has 0 radical (unpaired) electrons. The molecule has 6 N–H and O–H groups in total. The lowest BCUT2D eigenvalue weighted by molar-refractivity contribution is -0.123. The summed E-state index contributed by atoms with van der Waals surface area (Å²) >= 11 is -0.605. The number of hydrogen-bond donors (Lipinski definition) is 5. The Morgan fingerprint density at radius 1 is 1.27 bits per heavy atom. The number of aromatic nitrogens is 2. The molecule has 33 heavy (non-hydrogen) atoms. The lowest BCUT2D eigenvalue weighted by Gasteiger charge is -2.27. The van der Waals surface area contributed by atoms with Gasteiger partial charge in [0.25, 0.3) is 5.91 Å². The third-order valence-electron chi connectivity index (χ3n) is 5.97. The first-order chi connectivity index (χ1) is 16.0. The van der Waals surface area contributed by atoms with Crippen LogP contribution in [0.5, 0.6) is 5.75 Å². The molecule has 3 aliphatic rings. The van der Waals surface area contributed by atoms with E-state index in [-0.39, 0.29) is 42.2 Å². The molecule has 12 heteroatoms. The van der Waals surface area contributed by atoms with Crippen molar-refractivity contribution < 1.29 is 14.3 Å². The summed E-state index contributed by atoms with van der Waals surface area (Å²) in [4.78, 5) is 32.8. The van der Waals surface area contributed by atoms with E-state index >= 15 is 0 Å². The molecule has 1 fully saturated rings. The van der Waals surface area contributed by atoms with E-state index < -0.39 is 21.3 Å². The third kappa shape index (κ3) is 4.34. The number of primary amides is 1. The van der Waals surface area contributed by atoms with Crippen LogP contribution in [0.3, 0.4) is 0 Å². The van der Waals surface area contributed by atoms with Gasteiger partial charge in [-0.05, 0) is 30.4 Å². The highest BCUT2D eigenvalue weighted by molar-refractivity contribution is 14.2. The van der Waals surface area contributed by atoms with Crippen molar-refractivity contribution in [2.75, 3.05) is 27.8 Å². The fourth-order valence-corrected chi connectivity index (χ4v) is 5.86. The Morgan fingerprint density at radius 2 is 2.12 bits per heavy atom. The summed E-state index contributed by atoms with van der Waals surface area (Å²) in [6, 6.07) is 7.07. The van der Waals surface area contributed by atoms with Gasteiger partial charge in [0.2, 0.25) is 11.9 Å². The lowest BCUT2D eigenvalue weighted by Crippen LogP contribution is -2.41. The number of ether oxygens (including phenoxy) is 1. The van der Waals surface area contributed by atoms with Crippen molar-refractivity contribution in [1.29, 1.82) is 0 Å². The Morgan fingerprint density at radius 3 is 2.94 bits per heavy atom. The van der Waals surface area contributed by atoms with Gasteiger partial charge in [-0.15, -0.1) is 0 Å². The number of carbonyl (C=O) groups is 2. The first kappa shape index (κ1) is 21.6. The maximum Gasteiger partial charge on any atom is 0.257 e. The van der Waals surface area contributed by atoms with Crippen molar-refractivity contribution in [2.45, 2.75) is 12.5 Å². The number of hydrogen-bond acceptors (Lipinski definition) is 9. The second kappa shape index (κ2) is 8.92. The first-order valence-corrected chi connectivity index (χ1v) is 12.5. The SMILES string of the molecule is CNC(=O)COc1cccc(Nc2nc3c(c(NC4C5C=CC(C5)C4C(N)=O)n2)N=IN3)c1. The number of halogens is 1. The van der Waals surface area contributed by atoms with Gasteiger partial charge in [-0.25, -0.2) is 0 Å². The van der Waals surface area contributed by atoms with Gasteiger partial charge in [0.05, 0.1) is 5.92 Å². The zero-order valence-electron chi connectivity index (χ0n) is 17.7. The predicted octanol–water partition coefficient (Wildman–Crippen LogP) is 2.56. The molecule has 172 valence electrons. The maximum absolute atomic E-state index is 12.1. The molecule has 2 heterocycles. The van der Waals surface area contributed by atoms with Crippen molar-refractivity contribution in [3.8, 4) is 5.75 Å². The number of nitrogens with one attached hydrogen (secondary N) is 4. The van der Waals surface area contributed by atoms with Crippen molar-refractivity contribution in [2.24, 2.45) is 26.6 Å². The molecule has 1 saturated carbocycles. The fourth-order valence-electron chi connectivity index (χ4n) is 4.44. The normalized spacial score (nSPS) is 23.9. The summed E-state index contributed by atoms with van der Waals surface area (Å²) in [7, 11) is 1.56. The van der Waals surface area contributed by atoms with Gasteiger partial charge in [0.15, 0.2) is 23.9 Å². The Kier molecular flexibility index (Phi) is 5.83. The average Bonchev–Trinajstić information content (AvgIpc) is 3.54. The first-order valence-electron chi connectivity index (χ1n) is 10.5. The number of benzene rings is 1. The highest BCUT2D eigenvalue weighted by Gasteiger charge is 2.48. The molecule has 2 bridgehead atoms. The number of carbonyl (C=O) groups excluding carboxylic acids is 2. The second-order valence-corrected chi connectivity index (χ2v) is 9.52. The van der Waals surface area contributed by atoms with Crippen LogP contribution in [0.1, 0.15) is 6.42 Å². The van der Waals surface area contributed by atoms with Crippen molar-refractivity contribution in [1.82, 2.24) is 15.3 Å². The van der Waals surface area contributed by atoms with E-state index in [0.717, 1.165) is 6.42 Å². The van der Waals surface area contributed by atoms with Crippen LogP contribution in [-0.4, -0.2) is 41.5 Å². The van der Waals surface area contributed by atoms with Gasteiger partial charge >= 0.3 is 0 Å². The van der Waals surface area contributed by atoms with Crippen molar-refractivity contribution in [3.05, 3.63) is 36.4 Å². The molecule has 2 amide bonds. The van der Waals surface area contributed by atoms with Gasteiger partial charge in [0.1, 0.15) is 27.1 Å². The van der Waals surface area contributed by atoms with Crippen LogP contribution in [0.25, 0.3) is 0 Å². The summed E-state index contributed by atoms with van der Waals surface area (Å²) in [5.74, 6) is 1.76. The summed E-state index contributed by atoms with van der Waals surface area (Å²) in [6.45, 7) is -0.0719. The van der Waals surface area contributed by atoms with E-state index in [1.54, 1.807) is 19.2 Å². The van der Waals surface area contributed by atoms with E-state index in [4.69, 9.17) is 10.5 Å². The fraction of sp³-hybridized carbons (Fsp3) is 0.333. The average molecular weight is 562 g/mol. The number of likely N-dealkylation sites (N-methyl/N-ethyl adjacent to an activating group) is 1. The van der Waals surface area contributed by atoms with Crippen molar-refractivity contribution >= 4 is 62.1 Å². The van der Waals surface area contributed by atoms with Crippen LogP contribution in [0, 0.1) is 17.8 Å². The zero-order chi connectivity index (χ0) is 22.9. The molecule has 2 aliphatic carbocycles. The number of allylic oxidation sites excluding steroid dienone is 1. The van der Waals surface area contributed by atoms with E-state index in [0.29, 0.717) is 34.7 Å². The maximum atomic E-state index is 12.1. The summed E-state index contributed by atoms with van der Waals surface area (Å²) < 4.78 is 13.3. The van der Waals surface area contributed by atoms with Gasteiger partial charge in [-0.3, -0.25) is 9.59 Å². The lowest BCUT2D eigenvalue weighted by atomic mass is 9.88. The van der Waals surface area contributed by atoms with Crippen molar-refractivity contribution in [3.63, 3.8) is 0 Å². The molecular weight excluding hydrogens is 539 g/mol. The summed E-state index contributed by atoms with van der Waals surface area (Å²) in [6.07, 6.45) is 5.15. The summed E-state index contributed by atoms with van der Waals surface area (Å²) in [5.41, 5.74) is 7.11. The van der Waals surface area contributed by atoms with E-state index in [1.807, 2.05) is 12.1 Å². The highest BCUT2D eigenvalue weighted by Crippen LogP contribution is 2.47. The number of anilines is 4. The number of nitrogens with zero attached hydrogens (tertiary/aromatic N) is 3. The van der Waals surface area contributed by atoms with Crippen LogP contribution in [0.4, 0.5) is 29.0 Å². The van der Waals surface area contributed by atoms with E-state index in [1.165, 1.54) is 0 Å². The Balaban J connectivity index is 1.38. The minimum absolute atomic E-state index is 0.0719. The molecule has 0 saturated heterocycles. The monoisotopic (exact) mass is 562 g/mol. The standard InChI is InChI=1S/C21H23IN8O3/c1-24-14(31)9-33-13-4-2-3-12(8-13)25-21-27-19(17-20(28-21)30-22-29-17)26-16-11-6-5-10(7-11)15(16)18(23)32/h2-6,8,10-11,15-16H,7,9H2,1H3,(H2,23,32)(H,24,31)(H3,25,26,27,28,29,30). The van der Waals surface area contributed by atoms with Gasteiger partial charge in [0, 0.05) is 24.8 Å². The highest BCUT2D eigenvalue weighted by atomic mass is 127. The van der Waals surface area contributed by atoms with Crippen LogP contribution in [-0.2, 0) is 9.59 Å². The molecule has 11 nitrogen and oxygen atoms in total. The molecule has 1 aliphatic heterocycles. The van der Waals surface area contributed by atoms with Crippen LogP contribution in [0.15, 0.2) is 39.6 Å². The van der Waals surface area contributed by atoms with Crippen LogP contribution >= 0.6 is 21.3 Å². The molecule has 2 aromatic rings. The number of rotatable bonds is 8. The quantitative estimate of drug-likeness (QED) is 0.187. The smallest absolute Gasteiger partial charge is 0.257 e. The molecule has 1 aromatic carbocycles. The largest absolute Gasteiger partial charge is 0.484 e. The molecular formula is C21H23IN8O3.